The number of aromatic hydroxyl groups is 1. The molecule has 0 aliphatic rings. The molecule has 1 aromatic heterocycles. The molecule has 3 rings (SSSR count). The number of Topliss-reactive ketones (excluding diaryl/α,β-unsaturated/α-hetero) is 1. The lowest BCUT2D eigenvalue weighted by atomic mass is 10.1. The summed E-state index contributed by atoms with van der Waals surface area (Å²) in [6, 6.07) is 15.9. The number of phenols is 1. The van der Waals surface area contributed by atoms with Crippen molar-refractivity contribution in [3.63, 3.8) is 0 Å². The quantitative estimate of drug-likeness (QED) is 0.725. The highest BCUT2D eigenvalue weighted by molar-refractivity contribution is 5.98. The van der Waals surface area contributed by atoms with E-state index in [-0.39, 0.29) is 18.0 Å². The number of para-hydroxylation sites is 1. The van der Waals surface area contributed by atoms with Gasteiger partial charge in [0.25, 0.3) is 0 Å². The number of carbonyl (C=O) groups is 1. The van der Waals surface area contributed by atoms with Gasteiger partial charge in [-0.1, -0.05) is 30.3 Å². The van der Waals surface area contributed by atoms with Crippen molar-refractivity contribution < 1.29 is 14.3 Å². The van der Waals surface area contributed by atoms with Gasteiger partial charge in [0.15, 0.2) is 5.76 Å². The number of fused-ring (bicyclic) bond motifs is 1. The molecule has 0 amide bonds. The Bertz CT molecular complexity index is 690. The third kappa shape index (κ3) is 2.36. The molecule has 0 atom stereocenters. The molecule has 0 aliphatic heterocycles. The van der Waals surface area contributed by atoms with Crippen LogP contribution in [0.15, 0.2) is 59.0 Å². The molecule has 0 spiro atoms. The second-order valence-electron chi connectivity index (χ2n) is 4.41. The molecular weight excluding hydrogens is 240 g/mol. The first kappa shape index (κ1) is 11.5. The lowest BCUT2D eigenvalue weighted by Crippen LogP contribution is -2.01. The van der Waals surface area contributed by atoms with Crippen LogP contribution in [0.1, 0.15) is 16.1 Å². The fourth-order valence-corrected chi connectivity index (χ4v) is 2.01. The average molecular weight is 252 g/mol. The van der Waals surface area contributed by atoms with Crippen LogP contribution in [0.25, 0.3) is 11.0 Å². The van der Waals surface area contributed by atoms with Crippen LogP contribution >= 0.6 is 0 Å². The highest BCUT2D eigenvalue weighted by Gasteiger charge is 2.12. The molecule has 19 heavy (non-hydrogen) atoms. The second-order valence-corrected chi connectivity index (χ2v) is 4.41. The lowest BCUT2D eigenvalue weighted by molar-refractivity contribution is 0.0968. The van der Waals surface area contributed by atoms with Crippen LogP contribution in [0.5, 0.6) is 5.75 Å². The van der Waals surface area contributed by atoms with E-state index in [0.29, 0.717) is 5.76 Å². The predicted molar refractivity (Wildman–Crippen MR) is 72.4 cm³/mol. The number of benzene rings is 2. The minimum Gasteiger partial charge on any atom is -0.508 e. The molecule has 0 unspecified atom stereocenters. The number of hydrogen-bond acceptors (Lipinski definition) is 3. The van der Waals surface area contributed by atoms with E-state index in [1.807, 2.05) is 24.3 Å². The van der Waals surface area contributed by atoms with E-state index in [2.05, 4.69) is 0 Å². The molecule has 1 N–H and O–H groups in total. The van der Waals surface area contributed by atoms with Crippen LogP contribution in [0.2, 0.25) is 0 Å². The van der Waals surface area contributed by atoms with Gasteiger partial charge < -0.3 is 9.52 Å². The first-order valence-corrected chi connectivity index (χ1v) is 6.02. The molecule has 94 valence electrons. The third-order valence-corrected chi connectivity index (χ3v) is 3.00. The van der Waals surface area contributed by atoms with E-state index >= 15 is 0 Å². The van der Waals surface area contributed by atoms with E-state index in [0.717, 1.165) is 16.5 Å². The smallest absolute Gasteiger partial charge is 0.202 e. The summed E-state index contributed by atoms with van der Waals surface area (Å²) >= 11 is 0. The topological polar surface area (TPSA) is 50.4 Å². The number of ketones is 1. The van der Waals surface area contributed by atoms with Crippen LogP contribution < -0.4 is 0 Å². The highest BCUT2D eigenvalue weighted by atomic mass is 16.3. The normalized spacial score (nSPS) is 10.7. The summed E-state index contributed by atoms with van der Waals surface area (Å²) in [5.74, 6) is 0.496. The highest BCUT2D eigenvalue weighted by Crippen LogP contribution is 2.20. The Morgan fingerprint density at radius 1 is 1.05 bits per heavy atom. The number of carbonyl (C=O) groups excluding carboxylic acids is 1. The van der Waals surface area contributed by atoms with Crippen LogP contribution in [0.4, 0.5) is 0 Å². The van der Waals surface area contributed by atoms with Crippen molar-refractivity contribution in [3.8, 4) is 5.75 Å². The second kappa shape index (κ2) is 4.61. The predicted octanol–water partition coefficient (Wildman–Crippen LogP) is 3.56. The van der Waals surface area contributed by atoms with Crippen molar-refractivity contribution in [1.29, 1.82) is 0 Å². The number of furan rings is 1. The summed E-state index contributed by atoms with van der Waals surface area (Å²) in [5.41, 5.74) is 1.57. The summed E-state index contributed by atoms with van der Waals surface area (Å²) in [4.78, 5) is 12.1. The largest absolute Gasteiger partial charge is 0.508 e. The molecule has 0 saturated carbocycles. The molecule has 0 aliphatic carbocycles. The lowest BCUT2D eigenvalue weighted by Gasteiger charge is -1.98. The summed E-state index contributed by atoms with van der Waals surface area (Å²) in [6.45, 7) is 0. The fourth-order valence-electron chi connectivity index (χ4n) is 2.01. The maximum absolute atomic E-state index is 12.1. The molecule has 0 saturated heterocycles. The Labute approximate surface area is 110 Å². The van der Waals surface area contributed by atoms with Gasteiger partial charge in [0.2, 0.25) is 5.78 Å². The maximum atomic E-state index is 12.1. The van der Waals surface area contributed by atoms with Crippen molar-refractivity contribution in [2.45, 2.75) is 6.42 Å². The Morgan fingerprint density at radius 3 is 2.53 bits per heavy atom. The summed E-state index contributed by atoms with van der Waals surface area (Å²) in [5, 5.41) is 10.1. The van der Waals surface area contributed by atoms with Crippen molar-refractivity contribution in [3.05, 3.63) is 65.9 Å². The van der Waals surface area contributed by atoms with Crippen molar-refractivity contribution in [2.75, 3.05) is 0 Å². The molecule has 0 bridgehead atoms. The van der Waals surface area contributed by atoms with Gasteiger partial charge in [-0.25, -0.2) is 0 Å². The van der Waals surface area contributed by atoms with Crippen LogP contribution in [0, 0.1) is 0 Å². The molecule has 0 fully saturated rings. The van der Waals surface area contributed by atoms with Gasteiger partial charge in [-0.05, 0) is 29.8 Å². The summed E-state index contributed by atoms with van der Waals surface area (Å²) in [7, 11) is 0. The maximum Gasteiger partial charge on any atom is 0.202 e. The molecule has 3 aromatic rings. The van der Waals surface area contributed by atoms with E-state index in [1.165, 1.54) is 0 Å². The zero-order valence-corrected chi connectivity index (χ0v) is 10.2. The van der Waals surface area contributed by atoms with Gasteiger partial charge in [0, 0.05) is 11.8 Å². The van der Waals surface area contributed by atoms with Gasteiger partial charge in [0.05, 0.1) is 0 Å². The van der Waals surface area contributed by atoms with Crippen LogP contribution in [0.3, 0.4) is 0 Å². The van der Waals surface area contributed by atoms with Crippen molar-refractivity contribution in [2.24, 2.45) is 0 Å². The SMILES string of the molecule is O=C(Cc1ccc(O)cc1)c1cc2ccccc2o1. The Hall–Kier alpha value is -2.55. The van der Waals surface area contributed by atoms with Gasteiger partial charge in [0.1, 0.15) is 11.3 Å². The fraction of sp³-hybridized carbons (Fsp3) is 0.0625. The van der Waals surface area contributed by atoms with Crippen molar-refractivity contribution in [1.82, 2.24) is 0 Å². The van der Waals surface area contributed by atoms with E-state index in [1.54, 1.807) is 30.3 Å². The van der Waals surface area contributed by atoms with E-state index in [9.17, 15) is 9.90 Å². The molecule has 3 nitrogen and oxygen atoms in total. The Kier molecular flexibility index (Phi) is 2.80. The standard InChI is InChI=1S/C16H12O3/c17-13-7-5-11(6-8-13)9-14(18)16-10-12-3-1-2-4-15(12)19-16/h1-8,10,17H,9H2. The summed E-state index contributed by atoms with van der Waals surface area (Å²) < 4.78 is 5.53. The zero-order chi connectivity index (χ0) is 13.2. The average Bonchev–Trinajstić information content (AvgIpc) is 2.85. The van der Waals surface area contributed by atoms with E-state index in [4.69, 9.17) is 4.42 Å². The van der Waals surface area contributed by atoms with Crippen molar-refractivity contribution >= 4 is 16.8 Å². The number of hydrogen-bond donors (Lipinski definition) is 1. The molecule has 2 aromatic carbocycles. The molecule has 1 heterocycles. The monoisotopic (exact) mass is 252 g/mol. The van der Waals surface area contributed by atoms with Crippen LogP contribution in [-0.2, 0) is 6.42 Å². The zero-order valence-electron chi connectivity index (χ0n) is 10.2. The Morgan fingerprint density at radius 2 is 1.79 bits per heavy atom. The molecule has 0 radical (unpaired) electrons. The number of phenolic OH excluding ortho intramolecular Hbond substituents is 1. The minimum absolute atomic E-state index is 0.0677. The first-order valence-electron chi connectivity index (χ1n) is 6.02. The van der Waals surface area contributed by atoms with E-state index < -0.39 is 0 Å². The third-order valence-electron chi connectivity index (χ3n) is 3.00. The van der Waals surface area contributed by atoms with Gasteiger partial charge in [-0.2, -0.15) is 0 Å². The first-order chi connectivity index (χ1) is 9.22. The van der Waals surface area contributed by atoms with Gasteiger partial charge >= 0.3 is 0 Å². The minimum atomic E-state index is -0.0677. The van der Waals surface area contributed by atoms with Gasteiger partial charge in [-0.3, -0.25) is 4.79 Å². The van der Waals surface area contributed by atoms with Gasteiger partial charge in [-0.15, -0.1) is 0 Å². The number of rotatable bonds is 3. The van der Waals surface area contributed by atoms with Crippen LogP contribution in [-0.4, -0.2) is 10.9 Å². The molecule has 3 heteroatoms. The Balaban J connectivity index is 1.85. The summed E-state index contributed by atoms with van der Waals surface area (Å²) in [6.07, 6.45) is 0.264. The molecular formula is C16H12O3.